The first-order valence-electron chi connectivity index (χ1n) is 13.9. The molecule has 10 heteroatoms. The van der Waals surface area contributed by atoms with Crippen molar-refractivity contribution in [3.05, 3.63) is 65.4 Å². The van der Waals surface area contributed by atoms with Gasteiger partial charge in [-0.3, -0.25) is 9.80 Å². The summed E-state index contributed by atoms with van der Waals surface area (Å²) in [6, 6.07) is 13.4. The molecule has 3 heterocycles. The Morgan fingerprint density at radius 2 is 1.85 bits per heavy atom. The normalized spacial score (nSPS) is 16.5. The van der Waals surface area contributed by atoms with Crippen LogP contribution in [0.5, 0.6) is 11.5 Å². The predicted molar refractivity (Wildman–Crippen MR) is 155 cm³/mol. The van der Waals surface area contributed by atoms with Crippen molar-refractivity contribution in [1.82, 2.24) is 14.9 Å². The van der Waals surface area contributed by atoms with E-state index in [0.717, 1.165) is 73.8 Å². The van der Waals surface area contributed by atoms with E-state index in [1.165, 1.54) is 0 Å². The predicted octanol–water partition coefficient (Wildman–Crippen LogP) is 5.11. The van der Waals surface area contributed by atoms with Crippen LogP contribution in [-0.4, -0.2) is 73.6 Å². The number of benzene rings is 2. The molecule has 0 radical (unpaired) electrons. The van der Waals surface area contributed by atoms with Gasteiger partial charge in [0.05, 0.1) is 19.8 Å². The van der Waals surface area contributed by atoms with Crippen molar-refractivity contribution in [2.24, 2.45) is 0 Å². The Balaban J connectivity index is 0.00000387. The lowest BCUT2D eigenvalue weighted by Crippen LogP contribution is -2.38. The number of fused-ring (bicyclic) bond motifs is 4. The summed E-state index contributed by atoms with van der Waals surface area (Å²) in [5.74, 6) is 2.23. The second-order valence-corrected chi connectivity index (χ2v) is 9.99. The highest BCUT2D eigenvalue weighted by Gasteiger charge is 2.22. The minimum Gasteiger partial charge on any atom is -0.492 e. The van der Waals surface area contributed by atoms with Crippen molar-refractivity contribution in [3.63, 3.8) is 0 Å². The molecule has 5 rings (SSSR count). The molecule has 1 saturated heterocycles. The number of aromatic nitrogens is 2. The molecule has 0 atom stereocenters. The van der Waals surface area contributed by atoms with Crippen molar-refractivity contribution >= 4 is 23.5 Å². The molecule has 1 fully saturated rings. The molecular formula is C30H39N5O5. The molecular weight excluding hydrogens is 510 g/mol. The number of ether oxygens (including phenoxy) is 4. The number of anilines is 3. The van der Waals surface area contributed by atoms with Gasteiger partial charge in [0.15, 0.2) is 0 Å². The minimum atomic E-state index is -0.476. The number of hydrogen-bond acceptors (Lipinski definition) is 9. The van der Waals surface area contributed by atoms with Crippen molar-refractivity contribution in [3.8, 4) is 11.5 Å². The summed E-state index contributed by atoms with van der Waals surface area (Å²) in [4.78, 5) is 26.3. The van der Waals surface area contributed by atoms with Gasteiger partial charge in [0, 0.05) is 51.7 Å². The molecule has 1 N–H and O–H groups in total. The van der Waals surface area contributed by atoms with Crippen molar-refractivity contribution in [1.29, 1.82) is 0 Å². The standard InChI is InChI=1S/C30H37N5O5.H2/c1-22-6-5-7-23(2)28(22)40-30(36)35-12-3-4-16-38-21-24-20-25(32-29-31-11-10-27(35)33-29)8-9-26(24)39-19-15-34-13-17-37-18-14-34;/h5-11,20H,3-4,12-19,21H2,1-2H3,(H,31,32,33);1H. The Kier molecular flexibility index (Phi) is 9.43. The van der Waals surface area contributed by atoms with Gasteiger partial charge in [-0.15, -0.1) is 0 Å². The molecule has 0 unspecified atom stereocenters. The Morgan fingerprint density at radius 3 is 2.67 bits per heavy atom. The van der Waals surface area contributed by atoms with Gasteiger partial charge < -0.3 is 24.3 Å². The third-order valence-electron chi connectivity index (χ3n) is 7.00. The number of carbonyl (C=O) groups excluding carboxylic acids is 1. The first-order chi connectivity index (χ1) is 19.6. The minimum absolute atomic E-state index is 0. The number of carbonyl (C=O) groups is 1. The van der Waals surface area contributed by atoms with E-state index in [1.54, 1.807) is 17.2 Å². The van der Waals surface area contributed by atoms with Gasteiger partial charge >= 0.3 is 6.09 Å². The van der Waals surface area contributed by atoms with E-state index in [9.17, 15) is 4.79 Å². The molecule has 1 aromatic heterocycles. The number of amides is 1. The van der Waals surface area contributed by atoms with Crippen molar-refractivity contribution < 1.29 is 25.2 Å². The fourth-order valence-corrected chi connectivity index (χ4v) is 4.77. The zero-order chi connectivity index (χ0) is 27.7. The largest absolute Gasteiger partial charge is 0.492 e. The number of morpholine rings is 1. The highest BCUT2D eigenvalue weighted by atomic mass is 16.6. The topological polar surface area (TPSA) is 98.3 Å². The number of rotatable bonds is 5. The van der Waals surface area contributed by atoms with Crippen LogP contribution in [0.4, 0.5) is 22.2 Å². The van der Waals surface area contributed by atoms with Gasteiger partial charge in [0.1, 0.15) is 23.9 Å². The van der Waals surface area contributed by atoms with Gasteiger partial charge in [0.25, 0.3) is 0 Å². The summed E-state index contributed by atoms with van der Waals surface area (Å²) in [6.45, 7) is 10.1. The lowest BCUT2D eigenvalue weighted by Gasteiger charge is -2.26. The van der Waals surface area contributed by atoms with E-state index < -0.39 is 6.09 Å². The van der Waals surface area contributed by atoms with Gasteiger partial charge in [0.2, 0.25) is 5.95 Å². The van der Waals surface area contributed by atoms with E-state index >= 15 is 0 Å². The third kappa shape index (κ3) is 7.26. The van der Waals surface area contributed by atoms with Crippen LogP contribution in [0.2, 0.25) is 0 Å². The smallest absolute Gasteiger partial charge is 0.420 e. The molecule has 2 aromatic carbocycles. The van der Waals surface area contributed by atoms with Crippen LogP contribution in [0.15, 0.2) is 48.7 Å². The van der Waals surface area contributed by atoms with E-state index in [0.29, 0.717) is 43.9 Å². The highest BCUT2D eigenvalue weighted by Crippen LogP contribution is 2.28. The van der Waals surface area contributed by atoms with Crippen LogP contribution in [0, 0.1) is 13.8 Å². The summed E-state index contributed by atoms with van der Waals surface area (Å²) >= 11 is 0. The van der Waals surface area contributed by atoms with Crippen molar-refractivity contribution in [2.75, 3.05) is 62.8 Å². The summed E-state index contributed by atoms with van der Waals surface area (Å²) < 4.78 is 23.5. The third-order valence-corrected chi connectivity index (χ3v) is 7.00. The molecule has 0 spiro atoms. The number of nitrogens with zero attached hydrogens (tertiary/aromatic N) is 4. The van der Waals surface area contributed by atoms with E-state index in [1.807, 2.05) is 50.2 Å². The maximum absolute atomic E-state index is 13.4. The molecule has 0 aliphatic carbocycles. The fourth-order valence-electron chi connectivity index (χ4n) is 4.77. The van der Waals surface area contributed by atoms with Gasteiger partial charge in [-0.1, -0.05) is 18.2 Å². The quantitative estimate of drug-likeness (QED) is 0.466. The second-order valence-electron chi connectivity index (χ2n) is 9.99. The second kappa shape index (κ2) is 13.6. The lowest BCUT2D eigenvalue weighted by atomic mass is 10.1. The zero-order valence-corrected chi connectivity index (χ0v) is 23.2. The average Bonchev–Trinajstić information content (AvgIpc) is 2.96. The Morgan fingerprint density at radius 1 is 1.02 bits per heavy atom. The van der Waals surface area contributed by atoms with Crippen molar-refractivity contribution in [2.45, 2.75) is 33.3 Å². The summed E-state index contributed by atoms with van der Waals surface area (Å²) in [6.07, 6.45) is 2.66. The molecule has 2 aliphatic rings. The average molecular weight is 550 g/mol. The molecule has 2 aliphatic heterocycles. The summed E-state index contributed by atoms with van der Waals surface area (Å²) in [5.41, 5.74) is 3.56. The van der Waals surface area contributed by atoms with Crippen LogP contribution < -0.4 is 19.7 Å². The molecule has 214 valence electrons. The first-order valence-corrected chi connectivity index (χ1v) is 13.9. The molecule has 0 saturated carbocycles. The van der Waals surface area contributed by atoms with Gasteiger partial charge in [-0.05, 0) is 62.1 Å². The van der Waals surface area contributed by atoms with Crippen LogP contribution in [0.25, 0.3) is 0 Å². The highest BCUT2D eigenvalue weighted by molar-refractivity contribution is 5.88. The zero-order valence-electron chi connectivity index (χ0n) is 23.2. The molecule has 40 heavy (non-hydrogen) atoms. The van der Waals surface area contributed by atoms with E-state index in [2.05, 4.69) is 20.2 Å². The Labute approximate surface area is 236 Å². The molecule has 3 aromatic rings. The first kappa shape index (κ1) is 27.8. The van der Waals surface area contributed by atoms with Crippen LogP contribution >= 0.6 is 0 Å². The number of para-hydroxylation sites is 1. The van der Waals surface area contributed by atoms with Gasteiger partial charge in [-0.25, -0.2) is 9.78 Å². The SMILES string of the molecule is Cc1cccc(C)c1OC(=O)N1CCCCOCc2cc(ccc2OCCN2CCOCC2)Nc2nccc1n2.[HH]. The maximum atomic E-state index is 13.4. The molecule has 4 bridgehead atoms. The number of hydrogen-bond donors (Lipinski definition) is 1. The van der Waals surface area contributed by atoms with E-state index in [4.69, 9.17) is 18.9 Å². The summed E-state index contributed by atoms with van der Waals surface area (Å²) in [7, 11) is 0. The van der Waals surface area contributed by atoms with E-state index in [-0.39, 0.29) is 1.43 Å². The van der Waals surface area contributed by atoms with Crippen LogP contribution in [-0.2, 0) is 16.1 Å². The number of aryl methyl sites for hydroxylation is 2. The summed E-state index contributed by atoms with van der Waals surface area (Å²) in [5, 5.41) is 3.27. The monoisotopic (exact) mass is 549 g/mol. The Bertz CT molecular complexity index is 1280. The number of nitrogens with one attached hydrogen (secondary N) is 1. The Hall–Kier alpha value is -3.73. The fraction of sp³-hybridized carbons (Fsp3) is 0.433. The van der Waals surface area contributed by atoms with Crippen LogP contribution in [0.3, 0.4) is 0 Å². The van der Waals surface area contributed by atoms with Crippen LogP contribution in [0.1, 0.15) is 31.0 Å². The van der Waals surface area contributed by atoms with Gasteiger partial charge in [-0.2, -0.15) is 4.98 Å². The molecule has 1 amide bonds. The lowest BCUT2D eigenvalue weighted by molar-refractivity contribution is 0.0320. The molecule has 10 nitrogen and oxygen atoms in total. The maximum Gasteiger partial charge on any atom is 0.420 e.